The Morgan fingerprint density at radius 2 is 1.74 bits per heavy atom. The molecule has 2 aromatic heterocycles. The van der Waals surface area contributed by atoms with Crippen molar-refractivity contribution in [1.29, 1.82) is 0 Å². The summed E-state index contributed by atoms with van der Waals surface area (Å²) in [6.45, 7) is 0.411. The maximum absolute atomic E-state index is 9.99. The van der Waals surface area contributed by atoms with Crippen LogP contribution in [0.15, 0.2) is 79.0 Å². The molecule has 0 aliphatic rings. The molecule has 4 nitrogen and oxygen atoms in total. The van der Waals surface area contributed by atoms with Crippen LogP contribution in [0.4, 0.5) is 0 Å². The third-order valence-corrected chi connectivity index (χ3v) is 4.17. The Balaban J connectivity index is 1.56. The average Bonchev–Trinajstić information content (AvgIpc) is 2.72. The van der Waals surface area contributed by atoms with Crippen LogP contribution in [0.3, 0.4) is 0 Å². The van der Waals surface area contributed by atoms with Crippen molar-refractivity contribution in [1.82, 2.24) is 9.97 Å². The van der Waals surface area contributed by atoms with E-state index in [1.165, 1.54) is 0 Å². The summed E-state index contributed by atoms with van der Waals surface area (Å²) in [4.78, 5) is 8.80. The third-order valence-electron chi connectivity index (χ3n) is 4.17. The van der Waals surface area contributed by atoms with Crippen molar-refractivity contribution in [2.45, 2.75) is 6.61 Å². The summed E-state index contributed by atoms with van der Waals surface area (Å²) >= 11 is 0. The van der Waals surface area contributed by atoms with Crippen LogP contribution in [0.25, 0.3) is 23.1 Å². The fourth-order valence-corrected chi connectivity index (χ4v) is 2.80. The van der Waals surface area contributed by atoms with E-state index < -0.39 is 0 Å². The van der Waals surface area contributed by atoms with Gasteiger partial charge < -0.3 is 9.84 Å². The molecule has 4 heteroatoms. The highest BCUT2D eigenvalue weighted by molar-refractivity contribution is 5.85. The van der Waals surface area contributed by atoms with Crippen LogP contribution in [0.1, 0.15) is 17.0 Å². The number of phenolic OH excluding ortho intramolecular Hbond substituents is 1. The summed E-state index contributed by atoms with van der Waals surface area (Å²) in [7, 11) is 0. The maximum atomic E-state index is 9.99. The molecule has 0 aliphatic heterocycles. The monoisotopic (exact) mass is 354 g/mol. The maximum Gasteiger partial charge on any atom is 0.141 e. The first-order chi connectivity index (χ1) is 13.3. The van der Waals surface area contributed by atoms with Crippen LogP contribution in [0, 0.1) is 0 Å². The highest BCUT2D eigenvalue weighted by Gasteiger charge is 2.03. The number of phenols is 1. The molecule has 2 heterocycles. The summed E-state index contributed by atoms with van der Waals surface area (Å²) in [5.41, 5.74) is 3.19. The van der Waals surface area contributed by atoms with Gasteiger partial charge in [0.15, 0.2) is 0 Å². The molecule has 0 saturated heterocycles. The number of aromatic nitrogens is 2. The average molecular weight is 354 g/mol. The molecule has 1 N–H and O–H groups in total. The SMILES string of the molecule is Oc1cccc2ccc(/C=C/c3ccccc3OCc3ccccn3)nc12. The number of aromatic hydroxyl groups is 1. The highest BCUT2D eigenvalue weighted by Crippen LogP contribution is 2.24. The van der Waals surface area contributed by atoms with E-state index in [1.54, 1.807) is 12.3 Å². The number of nitrogens with zero attached hydrogens (tertiary/aromatic N) is 2. The Morgan fingerprint density at radius 3 is 2.63 bits per heavy atom. The zero-order valence-corrected chi connectivity index (χ0v) is 14.6. The number of para-hydroxylation sites is 2. The molecule has 4 rings (SSSR count). The number of hydrogen-bond donors (Lipinski definition) is 1. The van der Waals surface area contributed by atoms with Crippen LogP contribution in [-0.4, -0.2) is 15.1 Å². The van der Waals surface area contributed by atoms with E-state index in [0.29, 0.717) is 12.1 Å². The Hall–Kier alpha value is -3.66. The molecule has 27 heavy (non-hydrogen) atoms. The molecular weight excluding hydrogens is 336 g/mol. The van der Waals surface area contributed by atoms with E-state index >= 15 is 0 Å². The molecule has 0 fully saturated rings. The predicted octanol–water partition coefficient (Wildman–Crippen LogP) is 5.08. The second-order valence-corrected chi connectivity index (χ2v) is 6.07. The molecule has 0 radical (unpaired) electrons. The lowest BCUT2D eigenvalue weighted by Crippen LogP contribution is -1.98. The highest BCUT2D eigenvalue weighted by atomic mass is 16.5. The second kappa shape index (κ2) is 7.70. The van der Waals surface area contributed by atoms with Gasteiger partial charge in [-0.1, -0.05) is 42.5 Å². The topological polar surface area (TPSA) is 55.2 Å². The van der Waals surface area contributed by atoms with E-state index in [2.05, 4.69) is 9.97 Å². The van der Waals surface area contributed by atoms with E-state index in [1.807, 2.05) is 78.9 Å². The van der Waals surface area contributed by atoms with Gasteiger partial charge in [-0.25, -0.2) is 4.98 Å². The zero-order chi connectivity index (χ0) is 18.5. The molecule has 0 atom stereocenters. The van der Waals surface area contributed by atoms with Crippen molar-refractivity contribution >= 4 is 23.1 Å². The first kappa shape index (κ1) is 16.8. The second-order valence-electron chi connectivity index (χ2n) is 6.07. The largest absolute Gasteiger partial charge is 0.506 e. The molecule has 0 saturated carbocycles. The van der Waals surface area contributed by atoms with Crippen molar-refractivity contribution in [3.8, 4) is 11.5 Å². The van der Waals surface area contributed by atoms with E-state index in [4.69, 9.17) is 4.74 Å². The van der Waals surface area contributed by atoms with Crippen LogP contribution < -0.4 is 4.74 Å². The number of fused-ring (bicyclic) bond motifs is 1. The minimum Gasteiger partial charge on any atom is -0.506 e. The third kappa shape index (κ3) is 3.96. The van der Waals surface area contributed by atoms with Gasteiger partial charge in [0, 0.05) is 17.1 Å². The molecule has 132 valence electrons. The summed E-state index contributed by atoms with van der Waals surface area (Å²) in [5, 5.41) is 10.9. The Morgan fingerprint density at radius 1 is 0.852 bits per heavy atom. The summed E-state index contributed by atoms with van der Waals surface area (Å²) in [6, 6.07) is 22.8. The van der Waals surface area contributed by atoms with Crippen molar-refractivity contribution < 1.29 is 9.84 Å². The summed E-state index contributed by atoms with van der Waals surface area (Å²) in [5.74, 6) is 0.963. The van der Waals surface area contributed by atoms with Gasteiger partial charge in [0.1, 0.15) is 23.6 Å². The minimum atomic E-state index is 0.182. The number of benzene rings is 2. The van der Waals surface area contributed by atoms with E-state index in [0.717, 1.165) is 28.1 Å². The van der Waals surface area contributed by atoms with Gasteiger partial charge in [-0.3, -0.25) is 4.98 Å². The first-order valence-corrected chi connectivity index (χ1v) is 8.68. The van der Waals surface area contributed by atoms with Crippen LogP contribution in [-0.2, 0) is 6.61 Å². The Kier molecular flexibility index (Phi) is 4.79. The van der Waals surface area contributed by atoms with Gasteiger partial charge >= 0.3 is 0 Å². The lowest BCUT2D eigenvalue weighted by atomic mass is 10.1. The van der Waals surface area contributed by atoms with Gasteiger partial charge in [0.2, 0.25) is 0 Å². The standard InChI is InChI=1S/C23H18N2O2/c26-21-9-5-7-18-12-14-19(25-23(18)21)13-11-17-6-1-2-10-22(17)27-16-20-8-3-4-15-24-20/h1-15,26H,16H2/b13-11+. The van der Waals surface area contributed by atoms with E-state index in [9.17, 15) is 5.11 Å². The number of hydrogen-bond acceptors (Lipinski definition) is 4. The fraction of sp³-hybridized carbons (Fsp3) is 0.0435. The first-order valence-electron chi connectivity index (χ1n) is 8.68. The Labute approximate surface area is 157 Å². The molecule has 0 unspecified atom stereocenters. The predicted molar refractivity (Wildman–Crippen MR) is 107 cm³/mol. The number of pyridine rings is 2. The summed E-state index contributed by atoms with van der Waals surface area (Å²) < 4.78 is 5.93. The zero-order valence-electron chi connectivity index (χ0n) is 14.6. The van der Waals surface area contributed by atoms with Crippen molar-refractivity contribution in [2.24, 2.45) is 0 Å². The molecule has 2 aromatic carbocycles. The molecular formula is C23H18N2O2. The van der Waals surface area contributed by atoms with Crippen LogP contribution in [0.2, 0.25) is 0 Å². The number of rotatable bonds is 5. The van der Waals surface area contributed by atoms with Crippen molar-refractivity contribution in [3.63, 3.8) is 0 Å². The number of ether oxygens (including phenoxy) is 1. The van der Waals surface area contributed by atoms with E-state index in [-0.39, 0.29) is 5.75 Å². The lowest BCUT2D eigenvalue weighted by Gasteiger charge is -2.08. The minimum absolute atomic E-state index is 0.182. The quantitative estimate of drug-likeness (QED) is 0.543. The Bertz CT molecular complexity index is 1090. The molecule has 0 aliphatic carbocycles. The van der Waals surface area contributed by atoms with Gasteiger partial charge in [0.05, 0.1) is 11.4 Å². The molecule has 4 aromatic rings. The normalized spacial score (nSPS) is 11.1. The smallest absolute Gasteiger partial charge is 0.141 e. The van der Waals surface area contributed by atoms with Crippen LogP contribution in [0.5, 0.6) is 11.5 Å². The van der Waals surface area contributed by atoms with Gasteiger partial charge in [-0.15, -0.1) is 0 Å². The fourth-order valence-electron chi connectivity index (χ4n) is 2.80. The summed E-state index contributed by atoms with van der Waals surface area (Å²) in [6.07, 6.45) is 5.63. The van der Waals surface area contributed by atoms with Gasteiger partial charge in [-0.05, 0) is 42.5 Å². The van der Waals surface area contributed by atoms with Crippen molar-refractivity contribution in [2.75, 3.05) is 0 Å². The van der Waals surface area contributed by atoms with Crippen molar-refractivity contribution in [3.05, 3.63) is 95.9 Å². The van der Waals surface area contributed by atoms with Gasteiger partial charge in [-0.2, -0.15) is 0 Å². The van der Waals surface area contributed by atoms with Gasteiger partial charge in [0.25, 0.3) is 0 Å². The lowest BCUT2D eigenvalue weighted by molar-refractivity contribution is 0.300. The molecule has 0 bridgehead atoms. The van der Waals surface area contributed by atoms with Crippen LogP contribution >= 0.6 is 0 Å². The molecule has 0 amide bonds. The molecule has 0 spiro atoms.